The van der Waals surface area contributed by atoms with Gasteiger partial charge in [-0.25, -0.2) is 0 Å². The highest BCUT2D eigenvalue weighted by Crippen LogP contribution is 2.27. The molecule has 5 nitrogen and oxygen atoms in total. The van der Waals surface area contributed by atoms with E-state index in [1.54, 1.807) is 11.1 Å². The Morgan fingerprint density at radius 1 is 0.576 bits per heavy atom. The molecule has 1 aliphatic carbocycles. The van der Waals surface area contributed by atoms with Gasteiger partial charge in [-0.05, 0) is 79.9 Å². The van der Waals surface area contributed by atoms with Crippen LogP contribution in [0.3, 0.4) is 0 Å². The third-order valence-corrected chi connectivity index (χ3v) is 7.64. The van der Waals surface area contributed by atoms with Gasteiger partial charge in [-0.15, -0.1) is 0 Å². The maximum Gasteiger partial charge on any atom is 0.0370 e. The van der Waals surface area contributed by atoms with Gasteiger partial charge in [0.2, 0.25) is 0 Å². The Balaban J connectivity index is 0.000000152. The molecule has 6 rings (SSSR count). The van der Waals surface area contributed by atoms with E-state index in [4.69, 9.17) is 0 Å². The first-order chi connectivity index (χ1) is 15.7. The van der Waals surface area contributed by atoms with Crippen LogP contribution in [0.5, 0.6) is 0 Å². The third kappa shape index (κ3) is 5.71. The number of hydrogen-bond donors (Lipinski definition) is 1. The van der Waals surface area contributed by atoms with Crippen molar-refractivity contribution in [3.63, 3.8) is 0 Å². The molecule has 1 N–H and O–H groups in total. The summed E-state index contributed by atoms with van der Waals surface area (Å²) in [5.41, 5.74) is 8.97. The quantitative estimate of drug-likeness (QED) is 0.755. The zero-order valence-electron chi connectivity index (χ0n) is 19.9. The van der Waals surface area contributed by atoms with Crippen molar-refractivity contribution in [3.05, 3.63) is 58.7 Å². The summed E-state index contributed by atoms with van der Waals surface area (Å²) in [5.74, 6) is 0. The lowest BCUT2D eigenvalue weighted by Gasteiger charge is -2.34. The summed E-state index contributed by atoms with van der Waals surface area (Å²) in [6, 6.07) is 14.0. The normalized spacial score (nSPS) is 20.5. The van der Waals surface area contributed by atoms with Crippen molar-refractivity contribution in [3.8, 4) is 0 Å². The van der Waals surface area contributed by atoms with Gasteiger partial charge < -0.3 is 24.9 Å². The summed E-state index contributed by atoms with van der Waals surface area (Å²) in [7, 11) is 4.41. The molecular weight excluding hydrogens is 406 g/mol. The molecule has 0 unspecified atom stereocenters. The van der Waals surface area contributed by atoms with Crippen molar-refractivity contribution in [2.24, 2.45) is 0 Å². The van der Waals surface area contributed by atoms with E-state index in [1.165, 1.54) is 81.0 Å². The number of fused-ring (bicyclic) bond motifs is 2. The van der Waals surface area contributed by atoms with Crippen LogP contribution >= 0.6 is 0 Å². The van der Waals surface area contributed by atoms with Gasteiger partial charge in [-0.1, -0.05) is 19.6 Å². The topological polar surface area (TPSA) is 25.0 Å². The fourth-order valence-electron chi connectivity index (χ4n) is 5.36. The Kier molecular flexibility index (Phi) is 7.94. The number of likely N-dealkylation sites (N-methyl/N-ethyl adjacent to an activating group) is 2. The molecule has 2 saturated heterocycles. The summed E-state index contributed by atoms with van der Waals surface area (Å²) in [5, 5.41) is 3.40. The van der Waals surface area contributed by atoms with Crippen molar-refractivity contribution >= 4 is 11.4 Å². The van der Waals surface area contributed by atoms with Crippen LogP contribution in [0.15, 0.2) is 36.4 Å². The molecule has 2 aromatic carbocycles. The predicted octanol–water partition coefficient (Wildman–Crippen LogP) is 3.60. The van der Waals surface area contributed by atoms with E-state index >= 15 is 0 Å². The highest BCUT2D eigenvalue weighted by Gasteiger charge is 2.18. The van der Waals surface area contributed by atoms with Gasteiger partial charge in [0.15, 0.2) is 0 Å². The summed E-state index contributed by atoms with van der Waals surface area (Å²) in [4.78, 5) is 9.83. The molecule has 0 aromatic heterocycles. The van der Waals surface area contributed by atoms with Gasteiger partial charge in [0, 0.05) is 76.8 Å². The molecule has 0 spiro atoms. The molecule has 2 fully saturated rings. The van der Waals surface area contributed by atoms with Gasteiger partial charge in [0.05, 0.1) is 0 Å². The van der Waals surface area contributed by atoms with Crippen LogP contribution in [-0.2, 0) is 25.9 Å². The van der Waals surface area contributed by atoms with Crippen LogP contribution < -0.4 is 15.1 Å². The Bertz CT molecular complexity index is 835. The minimum Gasteiger partial charge on any atom is -0.369 e. The van der Waals surface area contributed by atoms with Crippen LogP contribution in [0.1, 0.15) is 36.1 Å². The van der Waals surface area contributed by atoms with E-state index in [1.807, 2.05) is 0 Å². The van der Waals surface area contributed by atoms with Crippen LogP contribution in [-0.4, -0.2) is 76.3 Å². The first kappa shape index (κ1) is 24.1. The van der Waals surface area contributed by atoms with Gasteiger partial charge in [-0.2, -0.15) is 0 Å². The SMILES string of the molecule is C.CN1CCN(c2ccc3c(c2)CCC3)CC1.CN1CCN(c2ccc3c(c2)CNC3)CC1. The van der Waals surface area contributed by atoms with Crippen molar-refractivity contribution in [1.29, 1.82) is 0 Å². The fourth-order valence-corrected chi connectivity index (χ4v) is 5.36. The number of hydrogen-bond acceptors (Lipinski definition) is 5. The average Bonchev–Trinajstić information content (AvgIpc) is 3.49. The first-order valence-electron chi connectivity index (χ1n) is 12.5. The lowest BCUT2D eigenvalue weighted by atomic mass is 10.1. The maximum atomic E-state index is 3.40. The standard InChI is InChI=1S/C14H20N2.C13H19N3.CH4/c1-15-7-9-16(10-8-15)14-6-5-12-3-2-4-13(12)11-14;1-15-4-6-16(7-5-15)13-3-2-11-9-14-10-12(11)8-13;/h5-6,11H,2-4,7-10H2,1H3;2-3,8,14H,4-7,9-10H2,1H3;1H4. The number of piperazine rings is 2. The number of aryl methyl sites for hydroxylation is 2. The maximum absolute atomic E-state index is 3.40. The largest absolute Gasteiger partial charge is 0.369 e. The van der Waals surface area contributed by atoms with E-state index in [0.29, 0.717) is 0 Å². The van der Waals surface area contributed by atoms with Gasteiger partial charge in [0.25, 0.3) is 0 Å². The lowest BCUT2D eigenvalue weighted by Crippen LogP contribution is -2.44. The van der Waals surface area contributed by atoms with E-state index in [2.05, 4.69) is 75.4 Å². The summed E-state index contributed by atoms with van der Waals surface area (Å²) < 4.78 is 0. The van der Waals surface area contributed by atoms with E-state index in [0.717, 1.165) is 26.2 Å². The lowest BCUT2D eigenvalue weighted by molar-refractivity contribution is 0.313. The van der Waals surface area contributed by atoms with Gasteiger partial charge >= 0.3 is 0 Å². The molecule has 0 saturated carbocycles. The van der Waals surface area contributed by atoms with Crippen molar-refractivity contribution in [2.75, 3.05) is 76.3 Å². The Morgan fingerprint density at radius 3 is 1.67 bits per heavy atom. The van der Waals surface area contributed by atoms with Crippen molar-refractivity contribution in [2.45, 2.75) is 39.8 Å². The summed E-state index contributed by atoms with van der Waals surface area (Å²) >= 11 is 0. The van der Waals surface area contributed by atoms with Crippen LogP contribution in [0, 0.1) is 0 Å². The summed E-state index contributed by atoms with van der Waals surface area (Å²) in [6.45, 7) is 11.5. The van der Waals surface area contributed by atoms with Crippen LogP contribution in [0.25, 0.3) is 0 Å². The zero-order chi connectivity index (χ0) is 21.9. The Labute approximate surface area is 201 Å². The Hall–Kier alpha value is -2.08. The molecule has 2 aromatic rings. The average molecular weight is 450 g/mol. The zero-order valence-corrected chi connectivity index (χ0v) is 19.9. The van der Waals surface area contributed by atoms with Crippen molar-refractivity contribution in [1.82, 2.24) is 15.1 Å². The van der Waals surface area contributed by atoms with Gasteiger partial charge in [0.1, 0.15) is 0 Å². The molecule has 5 heteroatoms. The number of nitrogens with zero attached hydrogens (tertiary/aromatic N) is 4. The molecule has 4 aliphatic rings. The van der Waals surface area contributed by atoms with E-state index < -0.39 is 0 Å². The number of anilines is 2. The van der Waals surface area contributed by atoms with E-state index in [-0.39, 0.29) is 7.43 Å². The Morgan fingerprint density at radius 2 is 1.06 bits per heavy atom. The summed E-state index contributed by atoms with van der Waals surface area (Å²) in [6.07, 6.45) is 3.93. The first-order valence-corrected chi connectivity index (χ1v) is 12.5. The monoisotopic (exact) mass is 449 g/mol. The van der Waals surface area contributed by atoms with Crippen LogP contribution in [0.2, 0.25) is 0 Å². The second-order valence-electron chi connectivity index (χ2n) is 9.94. The van der Waals surface area contributed by atoms with Gasteiger partial charge in [-0.3, -0.25) is 0 Å². The van der Waals surface area contributed by atoms with E-state index in [9.17, 15) is 0 Å². The predicted molar refractivity (Wildman–Crippen MR) is 142 cm³/mol. The molecule has 180 valence electrons. The molecule has 3 aliphatic heterocycles. The number of rotatable bonds is 2. The molecule has 0 atom stereocenters. The smallest absolute Gasteiger partial charge is 0.0370 e. The highest BCUT2D eigenvalue weighted by atomic mass is 15.3. The van der Waals surface area contributed by atoms with Crippen LogP contribution in [0.4, 0.5) is 11.4 Å². The molecule has 0 radical (unpaired) electrons. The molecule has 3 heterocycles. The molecule has 33 heavy (non-hydrogen) atoms. The van der Waals surface area contributed by atoms with Crippen molar-refractivity contribution < 1.29 is 0 Å². The molecule has 0 amide bonds. The highest BCUT2D eigenvalue weighted by molar-refractivity contribution is 5.53. The minimum atomic E-state index is 0. The second kappa shape index (κ2) is 10.9. The second-order valence-corrected chi connectivity index (χ2v) is 9.94. The molecular formula is C28H43N5. The molecule has 0 bridgehead atoms. The number of nitrogens with one attached hydrogen (secondary N) is 1. The third-order valence-electron chi connectivity index (χ3n) is 7.64. The minimum absolute atomic E-state index is 0. The fraction of sp³-hybridized carbons (Fsp3) is 0.571. The number of benzene rings is 2.